The summed E-state index contributed by atoms with van der Waals surface area (Å²) in [4.78, 5) is 2.35. The average Bonchev–Trinajstić information content (AvgIpc) is 2.46. The van der Waals surface area contributed by atoms with E-state index in [2.05, 4.69) is 4.90 Å². The summed E-state index contributed by atoms with van der Waals surface area (Å²) < 4.78 is 50.4. The third-order valence-corrected chi connectivity index (χ3v) is 7.94. The third-order valence-electron chi connectivity index (χ3n) is 4.36. The van der Waals surface area contributed by atoms with Gasteiger partial charge < -0.3 is 0 Å². The van der Waals surface area contributed by atoms with Crippen LogP contribution in [0.1, 0.15) is 5.56 Å². The van der Waals surface area contributed by atoms with Gasteiger partial charge in [0.2, 0.25) is 10.0 Å². The quantitative estimate of drug-likeness (QED) is 0.761. The minimum absolute atomic E-state index is 0.0485. The van der Waals surface area contributed by atoms with Crippen molar-refractivity contribution in [3.63, 3.8) is 0 Å². The summed E-state index contributed by atoms with van der Waals surface area (Å²) in [5, 5.41) is 0. The van der Waals surface area contributed by atoms with E-state index in [4.69, 9.17) is 0 Å². The number of fused-ring (bicyclic) bond motifs is 1. The zero-order valence-corrected chi connectivity index (χ0v) is 14.1. The maximum atomic E-state index is 12.7. The Morgan fingerprint density at radius 3 is 2.45 bits per heavy atom. The number of hydrogen-bond acceptors (Lipinski definition) is 5. The Kier molecular flexibility index (Phi) is 4.05. The summed E-state index contributed by atoms with van der Waals surface area (Å²) in [5.41, 5.74) is 1.00. The van der Waals surface area contributed by atoms with Gasteiger partial charge in [-0.2, -0.15) is 4.31 Å². The molecule has 122 valence electrons. The Bertz CT molecular complexity index is 757. The monoisotopic (exact) mass is 344 g/mol. The number of sulfonamides is 1. The van der Waals surface area contributed by atoms with Gasteiger partial charge in [0.15, 0.2) is 9.84 Å². The molecule has 2 fully saturated rings. The molecule has 2 aliphatic heterocycles. The number of hydrogen-bond donors (Lipinski definition) is 0. The zero-order chi connectivity index (χ0) is 16.0. The van der Waals surface area contributed by atoms with Crippen LogP contribution in [0.15, 0.2) is 29.2 Å². The van der Waals surface area contributed by atoms with Crippen molar-refractivity contribution in [1.82, 2.24) is 9.21 Å². The third kappa shape index (κ3) is 3.05. The standard InChI is InChI=1S/C14H20N2O4S2/c1-12-2-4-14(5-3-12)22(19,20)16-7-6-15-8-9-21(17,18)11-13(15)10-16/h2-5,13H,6-11H2,1H3. The topological polar surface area (TPSA) is 74.8 Å². The molecule has 8 heteroatoms. The van der Waals surface area contributed by atoms with Crippen LogP contribution in [0.25, 0.3) is 0 Å². The van der Waals surface area contributed by atoms with Crippen molar-refractivity contribution in [2.24, 2.45) is 0 Å². The first-order valence-electron chi connectivity index (χ1n) is 7.29. The van der Waals surface area contributed by atoms with E-state index in [0.29, 0.717) is 19.6 Å². The van der Waals surface area contributed by atoms with Gasteiger partial charge in [-0.25, -0.2) is 16.8 Å². The molecule has 0 aliphatic carbocycles. The molecule has 2 heterocycles. The molecule has 0 bridgehead atoms. The second-order valence-electron chi connectivity index (χ2n) is 5.98. The van der Waals surface area contributed by atoms with E-state index in [1.165, 1.54) is 4.31 Å². The van der Waals surface area contributed by atoms with E-state index < -0.39 is 19.9 Å². The van der Waals surface area contributed by atoms with Crippen molar-refractivity contribution in [2.75, 3.05) is 37.7 Å². The molecular formula is C14H20N2O4S2. The van der Waals surface area contributed by atoms with Gasteiger partial charge in [-0.05, 0) is 19.1 Å². The van der Waals surface area contributed by atoms with Gasteiger partial charge in [0.05, 0.1) is 16.4 Å². The first-order chi connectivity index (χ1) is 10.3. The Labute approximate surface area is 131 Å². The summed E-state index contributed by atoms with van der Waals surface area (Å²) in [6.07, 6.45) is 0. The highest BCUT2D eigenvalue weighted by atomic mass is 32.2. The largest absolute Gasteiger partial charge is 0.296 e. The van der Waals surface area contributed by atoms with Crippen LogP contribution in [-0.2, 0) is 19.9 Å². The number of rotatable bonds is 2. The molecule has 0 amide bonds. The molecule has 3 rings (SSSR count). The van der Waals surface area contributed by atoms with Crippen LogP contribution in [-0.4, -0.2) is 69.8 Å². The van der Waals surface area contributed by atoms with Crippen LogP contribution in [0.4, 0.5) is 0 Å². The minimum Gasteiger partial charge on any atom is -0.296 e. The highest BCUT2D eigenvalue weighted by Gasteiger charge is 2.39. The first-order valence-corrected chi connectivity index (χ1v) is 10.6. The summed E-state index contributed by atoms with van der Waals surface area (Å²) in [6, 6.07) is 6.53. The molecule has 1 unspecified atom stereocenters. The van der Waals surface area contributed by atoms with Crippen LogP contribution in [0.3, 0.4) is 0 Å². The lowest BCUT2D eigenvalue weighted by atomic mass is 10.2. The Morgan fingerprint density at radius 1 is 1.09 bits per heavy atom. The second-order valence-corrected chi connectivity index (χ2v) is 10.1. The molecule has 0 aromatic heterocycles. The predicted molar refractivity (Wildman–Crippen MR) is 84.0 cm³/mol. The van der Waals surface area contributed by atoms with E-state index in [0.717, 1.165) is 5.56 Å². The molecule has 0 N–H and O–H groups in total. The normalized spacial score (nSPS) is 26.5. The Hall–Kier alpha value is -0.960. The highest BCUT2D eigenvalue weighted by Crippen LogP contribution is 2.23. The molecule has 2 saturated heterocycles. The lowest BCUT2D eigenvalue weighted by molar-refractivity contribution is 0.132. The summed E-state index contributed by atoms with van der Waals surface area (Å²) in [7, 11) is -6.61. The molecule has 0 radical (unpaired) electrons. The fourth-order valence-electron chi connectivity index (χ4n) is 3.03. The SMILES string of the molecule is Cc1ccc(S(=O)(=O)N2CCN3CCS(=O)(=O)CC3C2)cc1. The van der Waals surface area contributed by atoms with Gasteiger partial charge >= 0.3 is 0 Å². The van der Waals surface area contributed by atoms with Crippen molar-refractivity contribution >= 4 is 19.9 Å². The number of nitrogens with zero attached hydrogens (tertiary/aromatic N) is 2. The van der Waals surface area contributed by atoms with Gasteiger partial charge in [0.1, 0.15) is 0 Å². The predicted octanol–water partition coefficient (Wildman–Crippen LogP) is 0.0983. The first kappa shape index (κ1) is 15.9. The van der Waals surface area contributed by atoms with Crippen LogP contribution in [0.5, 0.6) is 0 Å². The van der Waals surface area contributed by atoms with E-state index in [1.54, 1.807) is 24.3 Å². The van der Waals surface area contributed by atoms with Gasteiger partial charge in [-0.1, -0.05) is 17.7 Å². The van der Waals surface area contributed by atoms with E-state index in [-0.39, 0.29) is 29.0 Å². The van der Waals surface area contributed by atoms with E-state index in [9.17, 15) is 16.8 Å². The molecule has 1 aromatic rings. The van der Waals surface area contributed by atoms with Crippen LogP contribution >= 0.6 is 0 Å². The van der Waals surface area contributed by atoms with Crippen molar-refractivity contribution in [2.45, 2.75) is 17.9 Å². The average molecular weight is 344 g/mol. The molecule has 0 saturated carbocycles. The molecule has 6 nitrogen and oxygen atoms in total. The van der Waals surface area contributed by atoms with Crippen molar-refractivity contribution in [3.8, 4) is 0 Å². The fourth-order valence-corrected chi connectivity index (χ4v) is 6.08. The minimum atomic E-state index is -3.55. The number of sulfone groups is 1. The highest BCUT2D eigenvalue weighted by molar-refractivity contribution is 7.91. The number of piperazine rings is 1. The van der Waals surface area contributed by atoms with Gasteiger partial charge in [0, 0.05) is 32.2 Å². The maximum absolute atomic E-state index is 12.7. The molecule has 1 aromatic carbocycles. The van der Waals surface area contributed by atoms with Crippen LogP contribution in [0, 0.1) is 6.92 Å². The van der Waals surface area contributed by atoms with Crippen LogP contribution < -0.4 is 0 Å². The smallest absolute Gasteiger partial charge is 0.243 e. The summed E-state index contributed by atoms with van der Waals surface area (Å²) >= 11 is 0. The van der Waals surface area contributed by atoms with E-state index in [1.807, 2.05) is 6.92 Å². The van der Waals surface area contributed by atoms with Crippen molar-refractivity contribution < 1.29 is 16.8 Å². The summed E-state index contributed by atoms with van der Waals surface area (Å²) in [5.74, 6) is 0.223. The lowest BCUT2D eigenvalue weighted by Gasteiger charge is -2.42. The van der Waals surface area contributed by atoms with Gasteiger partial charge in [-0.3, -0.25) is 4.90 Å². The van der Waals surface area contributed by atoms with Crippen molar-refractivity contribution in [1.29, 1.82) is 0 Å². The lowest BCUT2D eigenvalue weighted by Crippen LogP contribution is -2.60. The summed E-state index contributed by atoms with van der Waals surface area (Å²) in [6.45, 7) is 3.65. The Morgan fingerprint density at radius 2 is 1.77 bits per heavy atom. The zero-order valence-electron chi connectivity index (χ0n) is 12.5. The number of aryl methyl sites for hydroxylation is 1. The van der Waals surface area contributed by atoms with Crippen LogP contribution in [0.2, 0.25) is 0 Å². The molecule has 0 spiro atoms. The van der Waals surface area contributed by atoms with Crippen molar-refractivity contribution in [3.05, 3.63) is 29.8 Å². The van der Waals surface area contributed by atoms with Gasteiger partial charge in [0.25, 0.3) is 0 Å². The van der Waals surface area contributed by atoms with E-state index >= 15 is 0 Å². The Balaban J connectivity index is 1.82. The molecule has 22 heavy (non-hydrogen) atoms. The fraction of sp³-hybridized carbons (Fsp3) is 0.571. The molecular weight excluding hydrogens is 324 g/mol. The van der Waals surface area contributed by atoms with Gasteiger partial charge in [-0.15, -0.1) is 0 Å². The second kappa shape index (κ2) is 5.59. The maximum Gasteiger partial charge on any atom is 0.243 e. The molecule has 1 atom stereocenters. The molecule has 2 aliphatic rings. The number of benzene rings is 1.